The molecular formula is C17H17ClN4O2. The average molecular weight is 345 g/mol. The van der Waals surface area contributed by atoms with Crippen molar-refractivity contribution >= 4 is 29.4 Å². The number of nitrogens with one attached hydrogen (secondary N) is 1. The second-order valence-corrected chi connectivity index (χ2v) is 5.87. The Labute approximate surface area is 145 Å². The minimum atomic E-state index is -0.205. The van der Waals surface area contributed by atoms with Gasteiger partial charge in [-0.3, -0.25) is 10.1 Å². The van der Waals surface area contributed by atoms with Crippen LogP contribution < -0.4 is 5.32 Å². The van der Waals surface area contributed by atoms with Gasteiger partial charge < -0.3 is 9.80 Å². The minimum absolute atomic E-state index is 0.0673. The number of halogens is 1. The summed E-state index contributed by atoms with van der Waals surface area (Å²) in [6, 6.07) is 12.0. The largest absolute Gasteiger partial charge is 0.335 e. The predicted molar refractivity (Wildman–Crippen MR) is 92.2 cm³/mol. The highest BCUT2D eigenvalue weighted by Gasteiger charge is 2.25. The first-order valence-corrected chi connectivity index (χ1v) is 8.03. The van der Waals surface area contributed by atoms with Gasteiger partial charge in [0.15, 0.2) is 0 Å². The Kier molecular flexibility index (Phi) is 4.96. The molecular weight excluding hydrogens is 328 g/mol. The molecule has 0 atom stereocenters. The van der Waals surface area contributed by atoms with E-state index in [0.29, 0.717) is 42.6 Å². The van der Waals surface area contributed by atoms with Crippen LogP contribution in [-0.2, 0) is 0 Å². The second kappa shape index (κ2) is 7.31. The zero-order valence-electron chi connectivity index (χ0n) is 13.0. The Bertz CT molecular complexity index is 730. The SMILES string of the molecule is O=C(Nc1ccccn1)N1CCN(C(=O)c2cccc(Cl)c2)CC1. The number of rotatable bonds is 2. The Hall–Kier alpha value is -2.60. The Balaban J connectivity index is 1.55. The molecule has 1 aromatic carbocycles. The van der Waals surface area contributed by atoms with Crippen molar-refractivity contribution in [1.29, 1.82) is 0 Å². The summed E-state index contributed by atoms with van der Waals surface area (Å²) in [4.78, 5) is 32.1. The van der Waals surface area contributed by atoms with Crippen molar-refractivity contribution in [3.8, 4) is 0 Å². The van der Waals surface area contributed by atoms with Crippen molar-refractivity contribution in [2.75, 3.05) is 31.5 Å². The summed E-state index contributed by atoms with van der Waals surface area (Å²) in [6.45, 7) is 1.93. The molecule has 1 fully saturated rings. The topological polar surface area (TPSA) is 65.5 Å². The lowest BCUT2D eigenvalue weighted by Gasteiger charge is -2.34. The van der Waals surface area contributed by atoms with Gasteiger partial charge in [0.1, 0.15) is 5.82 Å². The predicted octanol–water partition coefficient (Wildman–Crippen LogP) is 2.72. The fraction of sp³-hybridized carbons (Fsp3) is 0.235. The van der Waals surface area contributed by atoms with Gasteiger partial charge in [-0.05, 0) is 30.3 Å². The molecule has 0 spiro atoms. The second-order valence-electron chi connectivity index (χ2n) is 5.43. The summed E-state index contributed by atoms with van der Waals surface area (Å²) in [5.41, 5.74) is 0.564. The number of piperazine rings is 1. The van der Waals surface area contributed by atoms with E-state index in [1.165, 1.54) is 0 Å². The van der Waals surface area contributed by atoms with Crippen LogP contribution in [0.3, 0.4) is 0 Å². The van der Waals surface area contributed by atoms with Crippen LogP contribution in [-0.4, -0.2) is 52.9 Å². The molecule has 1 N–H and O–H groups in total. The molecule has 0 aliphatic carbocycles. The number of hydrogen-bond donors (Lipinski definition) is 1. The van der Waals surface area contributed by atoms with Crippen LogP contribution in [0.4, 0.5) is 10.6 Å². The maximum absolute atomic E-state index is 12.5. The molecule has 0 saturated carbocycles. The molecule has 1 aliphatic heterocycles. The lowest BCUT2D eigenvalue weighted by molar-refractivity contribution is 0.0671. The van der Waals surface area contributed by atoms with Crippen LogP contribution in [0, 0.1) is 0 Å². The van der Waals surface area contributed by atoms with Crippen LogP contribution in [0.2, 0.25) is 5.02 Å². The Morgan fingerprint density at radius 2 is 1.75 bits per heavy atom. The zero-order chi connectivity index (χ0) is 16.9. The standard InChI is InChI=1S/C17H17ClN4O2/c18-14-5-3-4-13(12-14)16(23)21-8-10-22(11-9-21)17(24)20-15-6-1-2-7-19-15/h1-7,12H,8-11H2,(H,19,20,24). The molecule has 0 unspecified atom stereocenters. The van der Waals surface area contributed by atoms with Gasteiger partial charge in [0.25, 0.3) is 5.91 Å². The number of amides is 3. The third-order valence-electron chi connectivity index (χ3n) is 3.83. The highest BCUT2D eigenvalue weighted by Crippen LogP contribution is 2.14. The van der Waals surface area contributed by atoms with Gasteiger partial charge in [-0.15, -0.1) is 0 Å². The van der Waals surface area contributed by atoms with Crippen molar-refractivity contribution in [3.05, 3.63) is 59.2 Å². The number of carbonyl (C=O) groups excluding carboxylic acids is 2. The molecule has 1 saturated heterocycles. The van der Waals surface area contributed by atoms with Crippen molar-refractivity contribution in [2.24, 2.45) is 0 Å². The molecule has 3 amide bonds. The van der Waals surface area contributed by atoms with E-state index in [9.17, 15) is 9.59 Å². The van der Waals surface area contributed by atoms with E-state index in [2.05, 4.69) is 10.3 Å². The smallest absolute Gasteiger partial charge is 0.323 e. The van der Waals surface area contributed by atoms with Crippen molar-refractivity contribution < 1.29 is 9.59 Å². The first kappa shape index (κ1) is 16.3. The van der Waals surface area contributed by atoms with Gasteiger partial charge in [0.05, 0.1) is 0 Å². The van der Waals surface area contributed by atoms with E-state index in [0.717, 1.165) is 0 Å². The third kappa shape index (κ3) is 3.83. The van der Waals surface area contributed by atoms with Gasteiger partial charge in [-0.25, -0.2) is 9.78 Å². The van der Waals surface area contributed by atoms with Crippen molar-refractivity contribution in [3.63, 3.8) is 0 Å². The average Bonchev–Trinajstić information content (AvgIpc) is 2.62. The molecule has 3 rings (SSSR count). The van der Waals surface area contributed by atoms with Gasteiger partial charge in [-0.2, -0.15) is 0 Å². The molecule has 2 heterocycles. The van der Waals surface area contributed by atoms with Gasteiger partial charge in [-0.1, -0.05) is 23.7 Å². The molecule has 6 nitrogen and oxygen atoms in total. The van der Waals surface area contributed by atoms with Crippen LogP contribution in [0.25, 0.3) is 0 Å². The number of aromatic nitrogens is 1. The highest BCUT2D eigenvalue weighted by atomic mass is 35.5. The van der Waals surface area contributed by atoms with E-state index in [-0.39, 0.29) is 11.9 Å². The number of pyridine rings is 1. The summed E-state index contributed by atoms with van der Waals surface area (Å²) < 4.78 is 0. The van der Waals surface area contributed by atoms with Crippen LogP contribution in [0.15, 0.2) is 48.7 Å². The first-order valence-electron chi connectivity index (χ1n) is 7.65. The van der Waals surface area contributed by atoms with Crippen LogP contribution in [0.1, 0.15) is 10.4 Å². The summed E-state index contributed by atoms with van der Waals surface area (Å²) in [5.74, 6) is 0.446. The van der Waals surface area contributed by atoms with Gasteiger partial charge in [0, 0.05) is 43.0 Å². The number of carbonyl (C=O) groups is 2. The lowest BCUT2D eigenvalue weighted by atomic mass is 10.2. The van der Waals surface area contributed by atoms with Crippen molar-refractivity contribution in [2.45, 2.75) is 0 Å². The maximum atomic E-state index is 12.5. The van der Waals surface area contributed by atoms with E-state index >= 15 is 0 Å². The van der Waals surface area contributed by atoms with E-state index in [4.69, 9.17) is 11.6 Å². The van der Waals surface area contributed by atoms with E-state index in [1.807, 2.05) is 6.07 Å². The number of anilines is 1. The summed E-state index contributed by atoms with van der Waals surface area (Å²) in [6.07, 6.45) is 1.62. The summed E-state index contributed by atoms with van der Waals surface area (Å²) >= 11 is 5.93. The molecule has 0 bridgehead atoms. The third-order valence-corrected chi connectivity index (χ3v) is 4.06. The number of benzene rings is 1. The molecule has 7 heteroatoms. The lowest BCUT2D eigenvalue weighted by Crippen LogP contribution is -2.51. The van der Waals surface area contributed by atoms with Gasteiger partial charge in [0.2, 0.25) is 0 Å². The molecule has 0 radical (unpaired) electrons. The highest BCUT2D eigenvalue weighted by molar-refractivity contribution is 6.30. The number of hydrogen-bond acceptors (Lipinski definition) is 3. The fourth-order valence-corrected chi connectivity index (χ4v) is 2.73. The molecule has 124 valence electrons. The molecule has 1 aliphatic rings. The van der Waals surface area contributed by atoms with Crippen LogP contribution >= 0.6 is 11.6 Å². The zero-order valence-corrected chi connectivity index (χ0v) is 13.7. The Morgan fingerprint density at radius 3 is 2.42 bits per heavy atom. The molecule has 24 heavy (non-hydrogen) atoms. The molecule has 2 aromatic rings. The van der Waals surface area contributed by atoms with Gasteiger partial charge >= 0.3 is 6.03 Å². The minimum Gasteiger partial charge on any atom is -0.335 e. The van der Waals surface area contributed by atoms with Crippen molar-refractivity contribution in [1.82, 2.24) is 14.8 Å². The molecule has 1 aromatic heterocycles. The number of urea groups is 1. The first-order chi connectivity index (χ1) is 11.6. The normalized spacial score (nSPS) is 14.4. The summed E-state index contributed by atoms with van der Waals surface area (Å²) in [7, 11) is 0. The quantitative estimate of drug-likeness (QED) is 0.911. The van der Waals surface area contributed by atoms with Crippen LogP contribution in [0.5, 0.6) is 0 Å². The monoisotopic (exact) mass is 344 g/mol. The maximum Gasteiger partial charge on any atom is 0.323 e. The number of nitrogens with zero attached hydrogens (tertiary/aromatic N) is 3. The van der Waals surface area contributed by atoms with E-state index < -0.39 is 0 Å². The Morgan fingerprint density at radius 1 is 1.00 bits per heavy atom. The summed E-state index contributed by atoms with van der Waals surface area (Å²) in [5, 5.41) is 3.29. The van der Waals surface area contributed by atoms with E-state index in [1.54, 1.807) is 52.4 Å². The fourth-order valence-electron chi connectivity index (χ4n) is 2.54.